The zero-order valence-corrected chi connectivity index (χ0v) is 16.1. The van der Waals surface area contributed by atoms with Gasteiger partial charge < -0.3 is 10.6 Å². The lowest BCUT2D eigenvalue weighted by molar-refractivity contribution is 0.0744. The van der Waals surface area contributed by atoms with E-state index in [1.807, 2.05) is 36.1 Å². The van der Waals surface area contributed by atoms with Gasteiger partial charge in [-0.05, 0) is 44.2 Å². The molecule has 2 rings (SSSR count). The van der Waals surface area contributed by atoms with Crippen molar-refractivity contribution in [2.45, 2.75) is 45.1 Å². The number of benzene rings is 1. The number of hydrogen-bond donors (Lipinski definition) is 2. The number of piperidine rings is 1. The Morgan fingerprint density at radius 2 is 2.04 bits per heavy atom. The lowest BCUT2D eigenvalue weighted by Gasteiger charge is -2.32. The molecule has 1 fully saturated rings. The van der Waals surface area contributed by atoms with Gasteiger partial charge >= 0.3 is 0 Å². The van der Waals surface area contributed by atoms with Crippen LogP contribution < -0.4 is 10.6 Å². The van der Waals surface area contributed by atoms with Gasteiger partial charge in [0.2, 0.25) is 0 Å². The molecule has 1 aromatic rings. The van der Waals surface area contributed by atoms with Gasteiger partial charge in [-0.15, -0.1) is 0 Å². The van der Waals surface area contributed by atoms with E-state index >= 15 is 0 Å². The van der Waals surface area contributed by atoms with Gasteiger partial charge in [0, 0.05) is 37.2 Å². The molecule has 1 aliphatic heterocycles. The van der Waals surface area contributed by atoms with Crippen LogP contribution >= 0.6 is 11.6 Å². The average molecular weight is 387 g/mol. The van der Waals surface area contributed by atoms with Crippen LogP contribution in [-0.2, 0) is 6.42 Å². The van der Waals surface area contributed by atoms with E-state index in [9.17, 15) is 8.78 Å². The quantitative estimate of drug-likeness (QED) is 0.407. The zero-order chi connectivity index (χ0) is 18.8. The maximum atomic E-state index is 12.5. The first-order valence-corrected chi connectivity index (χ1v) is 9.75. The number of aliphatic imine (C=N–C) groups is 1. The Kier molecular flexibility index (Phi) is 9.12. The Hall–Kier alpha value is -1.40. The van der Waals surface area contributed by atoms with E-state index in [4.69, 9.17) is 11.6 Å². The van der Waals surface area contributed by atoms with Gasteiger partial charge in [0.15, 0.2) is 5.96 Å². The molecule has 0 radical (unpaired) electrons. The van der Waals surface area contributed by atoms with Crippen LogP contribution in [0, 0.1) is 0 Å². The molecule has 0 saturated carbocycles. The molecular weight excluding hydrogens is 358 g/mol. The van der Waals surface area contributed by atoms with Crippen molar-refractivity contribution in [2.75, 3.05) is 32.7 Å². The van der Waals surface area contributed by atoms with E-state index in [1.54, 1.807) is 0 Å². The minimum atomic E-state index is -2.25. The van der Waals surface area contributed by atoms with E-state index in [0.29, 0.717) is 19.6 Å². The fraction of sp³-hybridized carbons (Fsp3) is 0.632. The van der Waals surface area contributed by atoms with Crippen molar-refractivity contribution in [1.29, 1.82) is 0 Å². The van der Waals surface area contributed by atoms with E-state index < -0.39 is 6.43 Å². The summed E-state index contributed by atoms with van der Waals surface area (Å²) in [6, 6.07) is 8.17. The third-order valence-corrected chi connectivity index (χ3v) is 4.87. The van der Waals surface area contributed by atoms with Crippen molar-refractivity contribution in [2.24, 2.45) is 4.99 Å². The Labute approximate surface area is 160 Å². The summed E-state index contributed by atoms with van der Waals surface area (Å²) in [4.78, 5) is 6.47. The Balaban J connectivity index is 1.75. The SMILES string of the molecule is CCNC(=NCCCc1ccccc1Cl)NC1CCN(CC(F)F)CC1. The summed E-state index contributed by atoms with van der Waals surface area (Å²) < 4.78 is 24.9. The van der Waals surface area contributed by atoms with Crippen LogP contribution in [0.25, 0.3) is 0 Å². The molecule has 4 nitrogen and oxygen atoms in total. The van der Waals surface area contributed by atoms with Crippen LogP contribution in [0.3, 0.4) is 0 Å². The average Bonchev–Trinajstić information content (AvgIpc) is 2.61. The van der Waals surface area contributed by atoms with Crippen LogP contribution in [0.1, 0.15) is 31.7 Å². The number of alkyl halides is 2. The predicted molar refractivity (Wildman–Crippen MR) is 104 cm³/mol. The Morgan fingerprint density at radius 1 is 1.31 bits per heavy atom. The van der Waals surface area contributed by atoms with Gasteiger partial charge in [-0.1, -0.05) is 29.8 Å². The molecule has 0 aromatic heterocycles. The van der Waals surface area contributed by atoms with Gasteiger partial charge in [0.05, 0.1) is 6.54 Å². The highest BCUT2D eigenvalue weighted by Crippen LogP contribution is 2.16. The van der Waals surface area contributed by atoms with Gasteiger partial charge in [0.1, 0.15) is 0 Å². The van der Waals surface area contributed by atoms with E-state index in [-0.39, 0.29) is 12.6 Å². The standard InChI is InChI=1S/C19H29ClF2N4/c1-2-23-19(24-11-5-7-15-6-3-4-8-17(15)20)25-16-9-12-26(13-10-16)14-18(21)22/h3-4,6,8,16,18H,2,5,7,9-14H2,1H3,(H2,23,24,25). The second-order valence-corrected chi connectivity index (χ2v) is 6.97. The van der Waals surface area contributed by atoms with E-state index in [1.165, 1.54) is 0 Å². The second-order valence-electron chi connectivity index (χ2n) is 6.57. The number of likely N-dealkylation sites (tertiary alicyclic amines) is 1. The molecule has 0 amide bonds. The van der Waals surface area contributed by atoms with Crippen molar-refractivity contribution in [3.05, 3.63) is 34.9 Å². The van der Waals surface area contributed by atoms with Crippen molar-refractivity contribution in [3.8, 4) is 0 Å². The molecule has 0 aliphatic carbocycles. The largest absolute Gasteiger partial charge is 0.357 e. The molecule has 0 bridgehead atoms. The van der Waals surface area contributed by atoms with Gasteiger partial charge in [-0.25, -0.2) is 8.78 Å². The first kappa shape index (κ1) is 20.9. The topological polar surface area (TPSA) is 39.7 Å². The molecule has 1 saturated heterocycles. The lowest BCUT2D eigenvalue weighted by atomic mass is 10.1. The third-order valence-electron chi connectivity index (χ3n) is 4.50. The highest BCUT2D eigenvalue weighted by molar-refractivity contribution is 6.31. The minimum Gasteiger partial charge on any atom is -0.357 e. The summed E-state index contributed by atoms with van der Waals surface area (Å²) in [6.07, 6.45) is 1.28. The number of hydrogen-bond acceptors (Lipinski definition) is 2. The maximum absolute atomic E-state index is 12.5. The summed E-state index contributed by atoms with van der Waals surface area (Å²) in [5, 5.41) is 7.50. The summed E-state index contributed by atoms with van der Waals surface area (Å²) in [5.74, 6) is 0.805. The zero-order valence-electron chi connectivity index (χ0n) is 15.4. The molecule has 1 heterocycles. The molecule has 2 N–H and O–H groups in total. The van der Waals surface area contributed by atoms with Gasteiger partial charge in [-0.2, -0.15) is 0 Å². The second kappa shape index (κ2) is 11.3. The van der Waals surface area contributed by atoms with Crippen LogP contribution in [0.4, 0.5) is 8.78 Å². The van der Waals surface area contributed by atoms with E-state index in [0.717, 1.165) is 48.8 Å². The van der Waals surface area contributed by atoms with Gasteiger partial charge in [-0.3, -0.25) is 9.89 Å². The highest BCUT2D eigenvalue weighted by Gasteiger charge is 2.21. The third kappa shape index (κ3) is 7.46. The number of halogens is 3. The summed E-state index contributed by atoms with van der Waals surface area (Å²) in [7, 11) is 0. The first-order valence-electron chi connectivity index (χ1n) is 9.37. The Morgan fingerprint density at radius 3 is 2.69 bits per heavy atom. The normalized spacial score (nSPS) is 16.9. The first-order chi connectivity index (χ1) is 12.6. The molecule has 0 spiro atoms. The van der Waals surface area contributed by atoms with Crippen LogP contribution in [0.5, 0.6) is 0 Å². The van der Waals surface area contributed by atoms with Crippen LogP contribution in [0.15, 0.2) is 29.3 Å². The Bertz CT molecular complexity index is 560. The summed E-state index contributed by atoms with van der Waals surface area (Å²) in [6.45, 7) is 4.82. The van der Waals surface area contributed by atoms with E-state index in [2.05, 4.69) is 15.6 Å². The number of aryl methyl sites for hydroxylation is 1. The highest BCUT2D eigenvalue weighted by atomic mass is 35.5. The van der Waals surface area contributed by atoms with Crippen LogP contribution in [0.2, 0.25) is 5.02 Å². The molecular formula is C19H29ClF2N4. The molecule has 1 aliphatic rings. The van der Waals surface area contributed by atoms with Crippen molar-refractivity contribution in [3.63, 3.8) is 0 Å². The van der Waals surface area contributed by atoms with Crippen LogP contribution in [-0.4, -0.2) is 56.1 Å². The molecule has 0 unspecified atom stereocenters. The number of nitrogens with zero attached hydrogens (tertiary/aromatic N) is 2. The summed E-state index contributed by atoms with van der Waals surface area (Å²) in [5.41, 5.74) is 1.15. The van der Waals surface area contributed by atoms with Crippen molar-refractivity contribution in [1.82, 2.24) is 15.5 Å². The summed E-state index contributed by atoms with van der Waals surface area (Å²) >= 11 is 6.18. The minimum absolute atomic E-state index is 0.122. The smallest absolute Gasteiger partial charge is 0.251 e. The number of rotatable bonds is 8. The number of nitrogens with one attached hydrogen (secondary N) is 2. The molecule has 26 heavy (non-hydrogen) atoms. The fourth-order valence-corrected chi connectivity index (χ4v) is 3.36. The molecule has 1 aromatic carbocycles. The maximum Gasteiger partial charge on any atom is 0.251 e. The monoisotopic (exact) mass is 386 g/mol. The molecule has 7 heteroatoms. The molecule has 0 atom stereocenters. The van der Waals surface area contributed by atoms with Gasteiger partial charge in [0.25, 0.3) is 6.43 Å². The molecule has 146 valence electrons. The predicted octanol–water partition coefficient (Wildman–Crippen LogP) is 3.56. The number of guanidine groups is 1. The van der Waals surface area contributed by atoms with Crippen molar-refractivity contribution < 1.29 is 8.78 Å². The van der Waals surface area contributed by atoms with Crippen molar-refractivity contribution >= 4 is 17.6 Å². The fourth-order valence-electron chi connectivity index (χ4n) is 3.13. The lowest BCUT2D eigenvalue weighted by Crippen LogP contribution is -2.49.